The van der Waals surface area contributed by atoms with Crippen molar-refractivity contribution in [2.45, 2.75) is 27.7 Å². The van der Waals surface area contributed by atoms with Gasteiger partial charge in [0, 0.05) is 35.4 Å². The van der Waals surface area contributed by atoms with E-state index in [0.717, 1.165) is 33.9 Å². The lowest BCUT2D eigenvalue weighted by Crippen LogP contribution is -2.14. The first-order chi connectivity index (χ1) is 14.8. The standard InChI is InChI=1S/C25H24N4O2/c1-16-7-5-6-8-24(16)28-25(31)21(15-26)14-20-13-17(2)29(18(20)3)23-11-9-22(10-12-23)27-19(4)30/h5-14H,1-4H3,(H,27,30)(H,28,31)/b21-14-. The van der Waals surface area contributed by atoms with Crippen LogP contribution >= 0.6 is 0 Å². The number of carbonyl (C=O) groups is 2. The van der Waals surface area contributed by atoms with Gasteiger partial charge in [0.05, 0.1) is 0 Å². The van der Waals surface area contributed by atoms with Gasteiger partial charge in [0.2, 0.25) is 5.91 Å². The molecule has 0 aliphatic rings. The fraction of sp³-hybridized carbons (Fsp3) is 0.160. The van der Waals surface area contributed by atoms with E-state index in [1.54, 1.807) is 12.1 Å². The Morgan fingerprint density at radius 3 is 2.29 bits per heavy atom. The topological polar surface area (TPSA) is 86.9 Å². The van der Waals surface area contributed by atoms with Gasteiger partial charge in [0.1, 0.15) is 11.6 Å². The molecule has 2 amide bonds. The number of para-hydroxylation sites is 1. The minimum atomic E-state index is -0.443. The summed E-state index contributed by atoms with van der Waals surface area (Å²) in [6, 6.07) is 18.9. The van der Waals surface area contributed by atoms with E-state index in [1.165, 1.54) is 6.92 Å². The van der Waals surface area contributed by atoms with Gasteiger partial charge in [-0.3, -0.25) is 9.59 Å². The number of amides is 2. The number of carbonyl (C=O) groups excluding carboxylic acids is 2. The highest BCUT2D eigenvalue weighted by atomic mass is 16.2. The van der Waals surface area contributed by atoms with Crippen LogP contribution in [0, 0.1) is 32.1 Å². The fourth-order valence-electron chi connectivity index (χ4n) is 3.44. The molecule has 0 fully saturated rings. The van der Waals surface area contributed by atoms with Crippen molar-refractivity contribution < 1.29 is 9.59 Å². The molecule has 0 spiro atoms. The molecule has 0 bridgehead atoms. The monoisotopic (exact) mass is 412 g/mol. The van der Waals surface area contributed by atoms with Gasteiger partial charge in [0.15, 0.2) is 0 Å². The minimum absolute atomic E-state index is 0.0320. The Morgan fingerprint density at radius 1 is 1.00 bits per heavy atom. The van der Waals surface area contributed by atoms with E-state index >= 15 is 0 Å². The van der Waals surface area contributed by atoms with Crippen molar-refractivity contribution in [1.29, 1.82) is 5.26 Å². The number of nitrogens with one attached hydrogen (secondary N) is 2. The number of aromatic nitrogens is 1. The first kappa shape index (κ1) is 21.6. The molecule has 3 aromatic rings. The van der Waals surface area contributed by atoms with Crippen LogP contribution in [0.25, 0.3) is 11.8 Å². The van der Waals surface area contributed by atoms with Crippen LogP contribution in [0.1, 0.15) is 29.4 Å². The van der Waals surface area contributed by atoms with Crippen LogP contribution in [0.2, 0.25) is 0 Å². The predicted octanol–water partition coefficient (Wildman–Crippen LogP) is 4.91. The third-order valence-corrected chi connectivity index (χ3v) is 4.97. The van der Waals surface area contributed by atoms with Gasteiger partial charge < -0.3 is 15.2 Å². The number of anilines is 2. The molecule has 6 nitrogen and oxygen atoms in total. The van der Waals surface area contributed by atoms with Gasteiger partial charge in [-0.25, -0.2) is 0 Å². The lowest BCUT2D eigenvalue weighted by Gasteiger charge is -2.11. The zero-order valence-corrected chi connectivity index (χ0v) is 18.0. The van der Waals surface area contributed by atoms with Crippen LogP contribution in [-0.2, 0) is 9.59 Å². The van der Waals surface area contributed by atoms with Crippen molar-refractivity contribution in [2.75, 3.05) is 10.6 Å². The molecule has 156 valence electrons. The zero-order chi connectivity index (χ0) is 22.5. The number of hydrogen-bond acceptors (Lipinski definition) is 3. The Kier molecular flexibility index (Phi) is 6.37. The fourth-order valence-corrected chi connectivity index (χ4v) is 3.44. The highest BCUT2D eigenvalue weighted by Crippen LogP contribution is 2.24. The second-order valence-corrected chi connectivity index (χ2v) is 7.33. The van der Waals surface area contributed by atoms with Crippen LogP contribution in [0.4, 0.5) is 11.4 Å². The molecule has 0 saturated carbocycles. The average molecular weight is 412 g/mol. The molecule has 6 heteroatoms. The second-order valence-electron chi connectivity index (χ2n) is 7.33. The van der Waals surface area contributed by atoms with E-state index in [9.17, 15) is 14.9 Å². The third-order valence-electron chi connectivity index (χ3n) is 4.97. The van der Waals surface area contributed by atoms with Crippen LogP contribution < -0.4 is 10.6 Å². The number of hydrogen-bond donors (Lipinski definition) is 2. The van der Waals surface area contributed by atoms with E-state index in [2.05, 4.69) is 10.6 Å². The van der Waals surface area contributed by atoms with E-state index in [0.29, 0.717) is 5.69 Å². The molecule has 1 heterocycles. The van der Waals surface area contributed by atoms with Gasteiger partial charge in [-0.1, -0.05) is 18.2 Å². The number of rotatable bonds is 5. The molecule has 0 radical (unpaired) electrons. The van der Waals surface area contributed by atoms with Gasteiger partial charge in [-0.15, -0.1) is 0 Å². The quantitative estimate of drug-likeness (QED) is 0.461. The maximum absolute atomic E-state index is 12.7. The number of benzene rings is 2. The molecule has 0 aliphatic heterocycles. The van der Waals surface area contributed by atoms with Crippen molar-refractivity contribution in [3.8, 4) is 11.8 Å². The Morgan fingerprint density at radius 2 is 1.68 bits per heavy atom. The maximum atomic E-state index is 12.7. The highest BCUT2D eigenvalue weighted by Gasteiger charge is 2.14. The van der Waals surface area contributed by atoms with E-state index < -0.39 is 5.91 Å². The lowest BCUT2D eigenvalue weighted by molar-refractivity contribution is -0.114. The molecule has 0 atom stereocenters. The summed E-state index contributed by atoms with van der Waals surface area (Å²) in [5, 5.41) is 15.1. The largest absolute Gasteiger partial charge is 0.326 e. The molecule has 2 N–H and O–H groups in total. The highest BCUT2D eigenvalue weighted by molar-refractivity contribution is 6.10. The summed E-state index contributed by atoms with van der Waals surface area (Å²) < 4.78 is 2.04. The number of nitriles is 1. The molecule has 0 unspecified atom stereocenters. The van der Waals surface area contributed by atoms with Crippen molar-refractivity contribution >= 4 is 29.3 Å². The summed E-state index contributed by atoms with van der Waals surface area (Å²) in [5.41, 5.74) is 5.94. The van der Waals surface area contributed by atoms with Crippen molar-refractivity contribution in [3.63, 3.8) is 0 Å². The SMILES string of the molecule is CC(=O)Nc1ccc(-n2c(C)cc(/C=C(/C#N)C(=O)Nc3ccccc3C)c2C)cc1. The van der Waals surface area contributed by atoms with Crippen molar-refractivity contribution in [2.24, 2.45) is 0 Å². The second kappa shape index (κ2) is 9.14. The van der Waals surface area contributed by atoms with E-state index in [4.69, 9.17) is 0 Å². The van der Waals surface area contributed by atoms with E-state index in [-0.39, 0.29) is 11.5 Å². The normalized spacial score (nSPS) is 11.0. The van der Waals surface area contributed by atoms with E-state index in [1.807, 2.05) is 79.9 Å². The van der Waals surface area contributed by atoms with Crippen molar-refractivity contribution in [1.82, 2.24) is 4.57 Å². The Balaban J connectivity index is 1.90. The molecule has 1 aromatic heterocycles. The molecule has 3 rings (SSSR count). The first-order valence-electron chi connectivity index (χ1n) is 9.86. The van der Waals surface area contributed by atoms with Crippen LogP contribution in [0.5, 0.6) is 0 Å². The smallest absolute Gasteiger partial charge is 0.266 e. The third kappa shape index (κ3) is 4.90. The molecule has 31 heavy (non-hydrogen) atoms. The van der Waals surface area contributed by atoms with Crippen LogP contribution in [0.15, 0.2) is 60.2 Å². The molecule has 0 saturated heterocycles. The zero-order valence-electron chi connectivity index (χ0n) is 18.0. The summed E-state index contributed by atoms with van der Waals surface area (Å²) in [7, 11) is 0. The predicted molar refractivity (Wildman–Crippen MR) is 123 cm³/mol. The lowest BCUT2D eigenvalue weighted by atomic mass is 10.1. The molecule has 2 aromatic carbocycles. The first-order valence-corrected chi connectivity index (χ1v) is 9.86. The van der Waals surface area contributed by atoms with Gasteiger partial charge in [0.25, 0.3) is 5.91 Å². The Bertz CT molecular complexity index is 1210. The maximum Gasteiger partial charge on any atom is 0.266 e. The summed E-state index contributed by atoms with van der Waals surface area (Å²) in [6.45, 7) is 7.27. The Labute approximate surface area is 181 Å². The summed E-state index contributed by atoms with van der Waals surface area (Å²) in [4.78, 5) is 23.9. The van der Waals surface area contributed by atoms with Gasteiger partial charge in [-0.05, 0) is 74.4 Å². The average Bonchev–Trinajstić information content (AvgIpc) is 3.01. The summed E-state index contributed by atoms with van der Waals surface area (Å²) >= 11 is 0. The summed E-state index contributed by atoms with van der Waals surface area (Å²) in [6.07, 6.45) is 1.61. The molecular formula is C25H24N4O2. The van der Waals surface area contributed by atoms with Gasteiger partial charge >= 0.3 is 0 Å². The molecular weight excluding hydrogens is 388 g/mol. The van der Waals surface area contributed by atoms with Crippen LogP contribution in [0.3, 0.4) is 0 Å². The van der Waals surface area contributed by atoms with Crippen molar-refractivity contribution in [3.05, 3.63) is 82.7 Å². The number of aryl methyl sites for hydroxylation is 2. The Hall–Kier alpha value is -4.11. The molecule has 0 aliphatic carbocycles. The minimum Gasteiger partial charge on any atom is -0.326 e. The summed E-state index contributed by atoms with van der Waals surface area (Å²) in [5.74, 6) is -0.567. The number of nitrogens with zero attached hydrogens (tertiary/aromatic N) is 2. The van der Waals surface area contributed by atoms with Gasteiger partial charge in [-0.2, -0.15) is 5.26 Å². The van der Waals surface area contributed by atoms with Crippen LogP contribution in [-0.4, -0.2) is 16.4 Å².